The summed E-state index contributed by atoms with van der Waals surface area (Å²) in [5.74, 6) is 2.62. The van der Waals surface area contributed by atoms with Gasteiger partial charge < -0.3 is 4.90 Å². The van der Waals surface area contributed by atoms with Gasteiger partial charge in [0, 0.05) is 11.9 Å². The zero-order valence-corrected chi connectivity index (χ0v) is 12.1. The lowest BCUT2D eigenvalue weighted by atomic mass is 9.92. The Balaban J connectivity index is 2.28. The van der Waals surface area contributed by atoms with Crippen molar-refractivity contribution in [2.45, 2.75) is 40.0 Å². The van der Waals surface area contributed by atoms with Crippen LogP contribution >= 0.6 is 15.9 Å². The lowest BCUT2D eigenvalue weighted by molar-refractivity contribution is 0.151. The monoisotopic (exact) mass is 275 g/mol. The fourth-order valence-electron chi connectivity index (χ4n) is 2.35. The van der Waals surface area contributed by atoms with E-state index < -0.39 is 0 Å². The lowest BCUT2D eigenvalue weighted by Gasteiger charge is -2.34. The van der Waals surface area contributed by atoms with Crippen molar-refractivity contribution in [1.29, 1.82) is 0 Å². The van der Waals surface area contributed by atoms with E-state index in [0.717, 1.165) is 23.1 Å². The van der Waals surface area contributed by atoms with Gasteiger partial charge in [-0.1, -0.05) is 43.1 Å². The molecule has 1 unspecified atom stereocenters. The first-order valence-electron chi connectivity index (χ1n) is 6.45. The molecule has 0 aromatic heterocycles. The standard InChI is InChI=1S/C13H26BrN/c1-4-12-5-7-15(8-6-12)10-13(9-14)11(2)3/h11-13H,4-10H2,1-3H3. The molecule has 1 heterocycles. The van der Waals surface area contributed by atoms with Crippen LogP contribution in [0.4, 0.5) is 0 Å². The van der Waals surface area contributed by atoms with Gasteiger partial charge in [0.2, 0.25) is 0 Å². The van der Waals surface area contributed by atoms with Crippen molar-refractivity contribution in [1.82, 2.24) is 4.90 Å². The fraction of sp³-hybridized carbons (Fsp3) is 1.00. The van der Waals surface area contributed by atoms with Gasteiger partial charge in [-0.25, -0.2) is 0 Å². The summed E-state index contributed by atoms with van der Waals surface area (Å²) in [5, 5.41) is 1.15. The largest absolute Gasteiger partial charge is 0.303 e. The maximum atomic E-state index is 3.64. The first-order valence-corrected chi connectivity index (χ1v) is 7.57. The van der Waals surface area contributed by atoms with E-state index >= 15 is 0 Å². The van der Waals surface area contributed by atoms with Crippen molar-refractivity contribution in [3.05, 3.63) is 0 Å². The Hall–Kier alpha value is 0.440. The number of alkyl halides is 1. The van der Waals surface area contributed by atoms with Crippen molar-refractivity contribution in [3.63, 3.8) is 0 Å². The predicted molar refractivity (Wildman–Crippen MR) is 71.6 cm³/mol. The molecule has 90 valence electrons. The van der Waals surface area contributed by atoms with Gasteiger partial charge in [-0.3, -0.25) is 0 Å². The first kappa shape index (κ1) is 13.5. The van der Waals surface area contributed by atoms with Crippen LogP contribution < -0.4 is 0 Å². The van der Waals surface area contributed by atoms with E-state index in [-0.39, 0.29) is 0 Å². The predicted octanol–water partition coefficient (Wildman–Crippen LogP) is 3.78. The summed E-state index contributed by atoms with van der Waals surface area (Å²) in [6, 6.07) is 0. The van der Waals surface area contributed by atoms with E-state index in [1.54, 1.807) is 0 Å². The minimum absolute atomic E-state index is 0.799. The molecular weight excluding hydrogens is 250 g/mol. The molecule has 2 heteroatoms. The van der Waals surface area contributed by atoms with Gasteiger partial charge in [-0.15, -0.1) is 0 Å². The Bertz CT molecular complexity index is 162. The molecule has 1 aliphatic rings. The number of nitrogens with zero attached hydrogens (tertiary/aromatic N) is 1. The van der Waals surface area contributed by atoms with E-state index in [9.17, 15) is 0 Å². The van der Waals surface area contributed by atoms with Crippen LogP contribution in [0.2, 0.25) is 0 Å². The third-order valence-corrected chi connectivity index (χ3v) is 4.75. The Labute approximate surface area is 104 Å². The van der Waals surface area contributed by atoms with Gasteiger partial charge in [0.05, 0.1) is 0 Å². The van der Waals surface area contributed by atoms with Crippen LogP contribution in [-0.4, -0.2) is 29.9 Å². The van der Waals surface area contributed by atoms with Crippen LogP contribution in [0.15, 0.2) is 0 Å². The number of piperidine rings is 1. The van der Waals surface area contributed by atoms with E-state index in [2.05, 4.69) is 41.6 Å². The Kier molecular flexibility index (Phi) is 6.21. The molecule has 0 radical (unpaired) electrons. The second-order valence-electron chi connectivity index (χ2n) is 5.31. The molecule has 15 heavy (non-hydrogen) atoms. The highest BCUT2D eigenvalue weighted by Crippen LogP contribution is 2.22. The van der Waals surface area contributed by atoms with Crippen molar-refractivity contribution in [2.75, 3.05) is 25.0 Å². The SMILES string of the molecule is CCC1CCN(CC(CBr)C(C)C)CC1. The van der Waals surface area contributed by atoms with Crippen LogP contribution in [0.25, 0.3) is 0 Å². The molecule has 0 amide bonds. The zero-order chi connectivity index (χ0) is 11.3. The van der Waals surface area contributed by atoms with Crippen molar-refractivity contribution in [3.8, 4) is 0 Å². The second kappa shape index (κ2) is 6.90. The quantitative estimate of drug-likeness (QED) is 0.691. The minimum Gasteiger partial charge on any atom is -0.303 e. The molecule has 1 atom stereocenters. The summed E-state index contributed by atoms with van der Waals surface area (Å²) in [6.07, 6.45) is 4.22. The molecule has 0 saturated carbocycles. The van der Waals surface area contributed by atoms with E-state index in [0.29, 0.717) is 0 Å². The molecule has 0 aromatic rings. The topological polar surface area (TPSA) is 3.24 Å². The van der Waals surface area contributed by atoms with Crippen LogP contribution in [0.3, 0.4) is 0 Å². The third kappa shape index (κ3) is 4.44. The summed E-state index contributed by atoms with van der Waals surface area (Å²) >= 11 is 3.64. The van der Waals surface area contributed by atoms with Gasteiger partial charge in [-0.2, -0.15) is 0 Å². The van der Waals surface area contributed by atoms with Crippen LogP contribution in [-0.2, 0) is 0 Å². The van der Waals surface area contributed by atoms with Gasteiger partial charge in [-0.05, 0) is 43.7 Å². The first-order chi connectivity index (χ1) is 7.17. The molecule has 0 aromatic carbocycles. The molecule has 0 aliphatic carbocycles. The second-order valence-corrected chi connectivity index (χ2v) is 5.96. The summed E-state index contributed by atoms with van der Waals surface area (Å²) in [4.78, 5) is 2.66. The Morgan fingerprint density at radius 3 is 2.27 bits per heavy atom. The van der Waals surface area contributed by atoms with Gasteiger partial charge in [0.25, 0.3) is 0 Å². The molecule has 0 bridgehead atoms. The average Bonchev–Trinajstić information content (AvgIpc) is 2.26. The molecule has 1 saturated heterocycles. The third-order valence-electron chi connectivity index (χ3n) is 3.92. The molecule has 1 fully saturated rings. The van der Waals surface area contributed by atoms with Crippen LogP contribution in [0.1, 0.15) is 40.0 Å². The van der Waals surface area contributed by atoms with Crippen LogP contribution in [0, 0.1) is 17.8 Å². The molecular formula is C13H26BrN. The smallest absolute Gasteiger partial charge is 0.00743 e. The molecule has 1 rings (SSSR count). The normalized spacial score (nSPS) is 22.2. The molecule has 0 spiro atoms. The highest BCUT2D eigenvalue weighted by molar-refractivity contribution is 9.09. The van der Waals surface area contributed by atoms with Gasteiger partial charge >= 0.3 is 0 Å². The van der Waals surface area contributed by atoms with Crippen molar-refractivity contribution in [2.24, 2.45) is 17.8 Å². The van der Waals surface area contributed by atoms with Crippen molar-refractivity contribution >= 4 is 15.9 Å². The summed E-state index contributed by atoms with van der Waals surface area (Å²) in [6.45, 7) is 11.0. The summed E-state index contributed by atoms with van der Waals surface area (Å²) in [7, 11) is 0. The summed E-state index contributed by atoms with van der Waals surface area (Å²) < 4.78 is 0. The van der Waals surface area contributed by atoms with E-state index in [1.807, 2.05) is 0 Å². The van der Waals surface area contributed by atoms with Crippen LogP contribution in [0.5, 0.6) is 0 Å². The lowest BCUT2D eigenvalue weighted by Crippen LogP contribution is -2.38. The minimum atomic E-state index is 0.799. The number of rotatable bonds is 5. The number of hydrogen-bond donors (Lipinski definition) is 0. The number of hydrogen-bond acceptors (Lipinski definition) is 1. The highest BCUT2D eigenvalue weighted by atomic mass is 79.9. The van der Waals surface area contributed by atoms with Crippen molar-refractivity contribution < 1.29 is 0 Å². The zero-order valence-electron chi connectivity index (χ0n) is 10.5. The van der Waals surface area contributed by atoms with Gasteiger partial charge in [0.15, 0.2) is 0 Å². The summed E-state index contributed by atoms with van der Waals surface area (Å²) in [5.41, 5.74) is 0. The highest BCUT2D eigenvalue weighted by Gasteiger charge is 2.21. The maximum Gasteiger partial charge on any atom is 0.00743 e. The fourth-order valence-corrected chi connectivity index (χ4v) is 3.30. The number of likely N-dealkylation sites (tertiary alicyclic amines) is 1. The van der Waals surface area contributed by atoms with E-state index in [4.69, 9.17) is 0 Å². The Morgan fingerprint density at radius 1 is 1.27 bits per heavy atom. The van der Waals surface area contributed by atoms with Gasteiger partial charge in [0.1, 0.15) is 0 Å². The average molecular weight is 276 g/mol. The van der Waals surface area contributed by atoms with E-state index in [1.165, 1.54) is 38.9 Å². The molecule has 0 N–H and O–H groups in total. The molecule has 1 aliphatic heterocycles. The Morgan fingerprint density at radius 2 is 1.87 bits per heavy atom. The molecule has 1 nitrogen and oxygen atoms in total. The maximum absolute atomic E-state index is 3.64. The number of halogens is 1.